The van der Waals surface area contributed by atoms with Gasteiger partial charge in [0, 0.05) is 22.2 Å². The van der Waals surface area contributed by atoms with E-state index in [1.807, 2.05) is 67.6 Å². The maximum atomic E-state index is 12.5. The average molecular weight is 611 g/mol. The molecular formula is C35H31ClN2O6. The van der Waals surface area contributed by atoms with Crippen molar-refractivity contribution in [2.24, 2.45) is 5.73 Å². The standard InChI is InChI=1S/C35H31ClN2O6/c1-3-22-9-12-25(13-10-22)41-21-33(39)43-26-14-15-27-31(18-26)44-35(38)28(19-37)34(27)23-11-16-30(32(17-23)40-4-2)42-20-24-7-5-6-8-29(24)36/h5-18,34H,3-4,20-21,38H2,1-2H3. The van der Waals surface area contributed by atoms with Gasteiger partial charge < -0.3 is 29.4 Å². The van der Waals surface area contributed by atoms with E-state index in [0.717, 1.165) is 17.5 Å². The summed E-state index contributed by atoms with van der Waals surface area (Å²) in [4.78, 5) is 12.5. The number of nitrogens with two attached hydrogens (primary N) is 1. The minimum Gasteiger partial charge on any atom is -0.490 e. The SMILES string of the molecule is CCOc1cc(C2C(C#N)=C(N)Oc3cc(OC(=O)COc4ccc(CC)cc4)ccc32)ccc1OCc1ccccc1Cl. The third kappa shape index (κ3) is 6.91. The molecule has 0 bridgehead atoms. The number of hydrogen-bond donors (Lipinski definition) is 1. The number of ether oxygens (including phenoxy) is 5. The van der Waals surface area contributed by atoms with Gasteiger partial charge in [0.05, 0.1) is 12.5 Å². The first kappa shape index (κ1) is 30.3. The first-order valence-corrected chi connectivity index (χ1v) is 14.5. The Balaban J connectivity index is 1.36. The molecule has 1 unspecified atom stereocenters. The molecule has 2 N–H and O–H groups in total. The number of hydrogen-bond acceptors (Lipinski definition) is 8. The number of nitriles is 1. The summed E-state index contributed by atoms with van der Waals surface area (Å²) < 4.78 is 28.8. The Hall–Kier alpha value is -5.13. The number of esters is 1. The fourth-order valence-electron chi connectivity index (χ4n) is 4.83. The van der Waals surface area contributed by atoms with Gasteiger partial charge in [0.1, 0.15) is 35.5 Å². The molecule has 0 amide bonds. The predicted molar refractivity (Wildman–Crippen MR) is 166 cm³/mol. The Morgan fingerprint density at radius 3 is 2.43 bits per heavy atom. The molecule has 0 aliphatic carbocycles. The van der Waals surface area contributed by atoms with Crippen molar-refractivity contribution in [3.63, 3.8) is 0 Å². The lowest BCUT2D eigenvalue weighted by Crippen LogP contribution is -2.22. The lowest BCUT2D eigenvalue weighted by Gasteiger charge is -2.27. The molecule has 1 heterocycles. The van der Waals surface area contributed by atoms with Crippen LogP contribution in [0.15, 0.2) is 96.4 Å². The van der Waals surface area contributed by atoms with Crippen LogP contribution in [0.5, 0.6) is 28.7 Å². The zero-order valence-corrected chi connectivity index (χ0v) is 25.1. The smallest absolute Gasteiger partial charge is 0.349 e. The Bertz CT molecular complexity index is 1730. The van der Waals surface area contributed by atoms with E-state index in [0.29, 0.717) is 40.2 Å². The van der Waals surface area contributed by atoms with Gasteiger partial charge in [0.25, 0.3) is 0 Å². The summed E-state index contributed by atoms with van der Waals surface area (Å²) in [6.07, 6.45) is 0.914. The molecule has 9 heteroatoms. The molecule has 0 spiro atoms. The predicted octanol–water partition coefficient (Wildman–Crippen LogP) is 7.08. The molecule has 1 atom stereocenters. The van der Waals surface area contributed by atoms with E-state index in [1.165, 1.54) is 5.56 Å². The molecule has 4 aromatic rings. The van der Waals surface area contributed by atoms with Gasteiger partial charge in [0.15, 0.2) is 18.1 Å². The Morgan fingerprint density at radius 2 is 1.70 bits per heavy atom. The van der Waals surface area contributed by atoms with Gasteiger partial charge in [-0.15, -0.1) is 0 Å². The van der Waals surface area contributed by atoms with Crippen molar-refractivity contribution in [3.8, 4) is 34.8 Å². The molecule has 8 nitrogen and oxygen atoms in total. The molecule has 0 saturated heterocycles. The maximum absolute atomic E-state index is 12.5. The molecule has 0 fully saturated rings. The average Bonchev–Trinajstić information content (AvgIpc) is 3.03. The summed E-state index contributed by atoms with van der Waals surface area (Å²) in [5.41, 5.74) is 9.89. The number of aryl methyl sites for hydroxylation is 1. The van der Waals surface area contributed by atoms with Crippen LogP contribution in [0, 0.1) is 11.3 Å². The van der Waals surface area contributed by atoms with Gasteiger partial charge in [-0.2, -0.15) is 5.26 Å². The lowest BCUT2D eigenvalue weighted by atomic mass is 9.83. The van der Waals surface area contributed by atoms with Crippen molar-refractivity contribution < 1.29 is 28.5 Å². The highest BCUT2D eigenvalue weighted by Crippen LogP contribution is 2.45. The highest BCUT2D eigenvalue weighted by Gasteiger charge is 2.32. The van der Waals surface area contributed by atoms with Crippen LogP contribution in [0.3, 0.4) is 0 Å². The molecule has 5 rings (SSSR count). The van der Waals surface area contributed by atoms with Gasteiger partial charge >= 0.3 is 5.97 Å². The third-order valence-corrected chi connectivity index (χ3v) is 7.42. The van der Waals surface area contributed by atoms with Gasteiger partial charge in [-0.1, -0.05) is 61.0 Å². The van der Waals surface area contributed by atoms with E-state index in [9.17, 15) is 10.1 Å². The molecule has 44 heavy (non-hydrogen) atoms. The first-order valence-electron chi connectivity index (χ1n) is 14.2. The number of allylic oxidation sites excluding steroid dienone is 1. The van der Waals surface area contributed by atoms with E-state index in [2.05, 4.69) is 13.0 Å². The van der Waals surface area contributed by atoms with Crippen molar-refractivity contribution in [1.82, 2.24) is 0 Å². The van der Waals surface area contributed by atoms with E-state index in [4.69, 9.17) is 41.0 Å². The van der Waals surface area contributed by atoms with Crippen molar-refractivity contribution >= 4 is 17.6 Å². The highest BCUT2D eigenvalue weighted by atomic mass is 35.5. The van der Waals surface area contributed by atoms with E-state index >= 15 is 0 Å². The second-order valence-corrected chi connectivity index (χ2v) is 10.3. The minimum atomic E-state index is -0.577. The largest absolute Gasteiger partial charge is 0.490 e. The van der Waals surface area contributed by atoms with Gasteiger partial charge in [-0.3, -0.25) is 0 Å². The quantitative estimate of drug-likeness (QED) is 0.142. The van der Waals surface area contributed by atoms with Crippen LogP contribution in [0.4, 0.5) is 0 Å². The Labute approximate surface area is 261 Å². The molecule has 1 aliphatic rings. The number of carbonyl (C=O) groups excluding carboxylic acids is 1. The van der Waals surface area contributed by atoms with Crippen LogP contribution in [0.25, 0.3) is 0 Å². The minimum absolute atomic E-state index is 0.0376. The molecule has 0 saturated carbocycles. The number of rotatable bonds is 11. The van der Waals surface area contributed by atoms with Gasteiger partial charge in [-0.25, -0.2) is 4.79 Å². The highest BCUT2D eigenvalue weighted by molar-refractivity contribution is 6.31. The second-order valence-electron chi connectivity index (χ2n) is 9.90. The molecule has 0 radical (unpaired) electrons. The Morgan fingerprint density at radius 1 is 0.932 bits per heavy atom. The topological polar surface area (TPSA) is 113 Å². The molecule has 1 aliphatic heterocycles. The fourth-order valence-corrected chi connectivity index (χ4v) is 5.02. The lowest BCUT2D eigenvalue weighted by molar-refractivity contribution is -0.136. The van der Waals surface area contributed by atoms with Crippen LogP contribution < -0.4 is 29.4 Å². The van der Waals surface area contributed by atoms with Crippen molar-refractivity contribution in [1.29, 1.82) is 5.26 Å². The van der Waals surface area contributed by atoms with Gasteiger partial charge in [0.2, 0.25) is 5.88 Å². The maximum Gasteiger partial charge on any atom is 0.349 e. The second kappa shape index (κ2) is 13.9. The van der Waals surface area contributed by atoms with E-state index in [-0.39, 0.29) is 30.4 Å². The summed E-state index contributed by atoms with van der Waals surface area (Å²) in [6, 6.07) is 27.6. The monoisotopic (exact) mass is 610 g/mol. The van der Waals surface area contributed by atoms with Crippen molar-refractivity contribution in [3.05, 3.63) is 124 Å². The number of carbonyl (C=O) groups is 1. The number of benzene rings is 4. The number of fused-ring (bicyclic) bond motifs is 1. The zero-order chi connectivity index (χ0) is 31.1. The summed E-state index contributed by atoms with van der Waals surface area (Å²) in [6.45, 7) is 4.34. The van der Waals surface area contributed by atoms with Crippen LogP contribution in [-0.4, -0.2) is 19.2 Å². The van der Waals surface area contributed by atoms with Crippen LogP contribution in [-0.2, 0) is 17.8 Å². The number of halogens is 1. The third-order valence-electron chi connectivity index (χ3n) is 7.05. The normalized spacial score (nSPS) is 13.7. The van der Waals surface area contributed by atoms with E-state index < -0.39 is 11.9 Å². The van der Waals surface area contributed by atoms with Gasteiger partial charge in [-0.05, 0) is 60.9 Å². The molecular weight excluding hydrogens is 580 g/mol. The summed E-state index contributed by atoms with van der Waals surface area (Å²) >= 11 is 6.30. The van der Waals surface area contributed by atoms with Crippen LogP contribution >= 0.6 is 11.6 Å². The molecule has 224 valence electrons. The summed E-state index contributed by atoms with van der Waals surface area (Å²) in [7, 11) is 0. The molecule has 4 aromatic carbocycles. The zero-order valence-electron chi connectivity index (χ0n) is 24.3. The van der Waals surface area contributed by atoms with E-state index in [1.54, 1.807) is 24.3 Å². The first-order chi connectivity index (χ1) is 21.4. The fraction of sp³-hybridized carbons (Fsp3) is 0.200. The van der Waals surface area contributed by atoms with Crippen LogP contribution in [0.1, 0.15) is 42.0 Å². The summed E-state index contributed by atoms with van der Waals surface area (Å²) in [5, 5.41) is 10.6. The Kier molecular flexibility index (Phi) is 9.58. The number of nitrogens with zero attached hydrogens (tertiary/aromatic N) is 1. The summed E-state index contributed by atoms with van der Waals surface area (Å²) in [5.74, 6) is 1.06. The van der Waals surface area contributed by atoms with Crippen LogP contribution in [0.2, 0.25) is 5.02 Å². The molecule has 0 aromatic heterocycles. The van der Waals surface area contributed by atoms with Crippen molar-refractivity contribution in [2.75, 3.05) is 13.2 Å². The van der Waals surface area contributed by atoms with Crippen molar-refractivity contribution in [2.45, 2.75) is 32.8 Å².